The zero-order valence-electron chi connectivity index (χ0n) is 15.4. The summed E-state index contributed by atoms with van der Waals surface area (Å²) in [6.07, 6.45) is 3.54. The molecule has 3 aromatic rings. The summed E-state index contributed by atoms with van der Waals surface area (Å²) >= 11 is 0. The molecule has 2 unspecified atom stereocenters. The van der Waals surface area contributed by atoms with E-state index in [9.17, 15) is 9.59 Å². The molecule has 0 aliphatic heterocycles. The van der Waals surface area contributed by atoms with Gasteiger partial charge in [0, 0.05) is 28.5 Å². The van der Waals surface area contributed by atoms with Gasteiger partial charge in [-0.15, -0.1) is 0 Å². The van der Waals surface area contributed by atoms with E-state index in [1.165, 1.54) is 18.9 Å². The van der Waals surface area contributed by atoms with E-state index in [1.54, 1.807) is 6.07 Å². The first-order valence-electron chi connectivity index (χ1n) is 10.1. The molecule has 28 heavy (non-hydrogen) atoms. The zero-order valence-corrected chi connectivity index (χ0v) is 15.4. The molecule has 2 fully saturated rings. The quantitative estimate of drug-likeness (QED) is 0.601. The smallest absolute Gasteiger partial charge is 0.336 e. The van der Waals surface area contributed by atoms with Crippen LogP contribution in [0.1, 0.15) is 30.4 Å². The normalized spacial score (nSPS) is 28.4. The Kier molecular flexibility index (Phi) is 3.31. The molecule has 1 heterocycles. The van der Waals surface area contributed by atoms with Crippen LogP contribution in [-0.4, -0.2) is 5.78 Å². The van der Waals surface area contributed by atoms with Gasteiger partial charge in [0.1, 0.15) is 5.58 Å². The van der Waals surface area contributed by atoms with Crippen molar-refractivity contribution in [3.8, 4) is 0 Å². The Labute approximate surface area is 162 Å². The highest BCUT2D eigenvalue weighted by molar-refractivity contribution is 6.34. The molecule has 3 heteroatoms. The van der Waals surface area contributed by atoms with Gasteiger partial charge in [0.05, 0.1) is 0 Å². The van der Waals surface area contributed by atoms with E-state index in [1.807, 2.05) is 36.4 Å². The minimum Gasteiger partial charge on any atom is -0.423 e. The fraction of sp³-hybridized carbons (Fsp3) is 0.280. The van der Waals surface area contributed by atoms with Crippen LogP contribution in [0.25, 0.3) is 22.1 Å². The molecule has 2 saturated carbocycles. The Morgan fingerprint density at radius 1 is 0.821 bits per heavy atom. The number of carbonyl (C=O) groups is 1. The molecule has 0 N–H and O–H groups in total. The largest absolute Gasteiger partial charge is 0.423 e. The number of Topliss-reactive ketones (excluding diaryl/α,β-unsaturated/α-hetero) is 1. The molecule has 2 bridgehead atoms. The highest BCUT2D eigenvalue weighted by Gasteiger charge is 2.57. The van der Waals surface area contributed by atoms with Gasteiger partial charge in [-0.3, -0.25) is 4.79 Å². The van der Waals surface area contributed by atoms with Crippen molar-refractivity contribution in [2.75, 3.05) is 0 Å². The molecule has 3 nitrogen and oxygen atoms in total. The second-order valence-electron chi connectivity index (χ2n) is 8.38. The van der Waals surface area contributed by atoms with Gasteiger partial charge in [-0.1, -0.05) is 48.5 Å². The van der Waals surface area contributed by atoms with Crippen LogP contribution < -0.4 is 5.63 Å². The lowest BCUT2D eigenvalue weighted by atomic mass is 9.77. The third-order valence-corrected chi connectivity index (χ3v) is 7.07. The molecule has 0 spiro atoms. The molecule has 4 atom stereocenters. The topological polar surface area (TPSA) is 47.3 Å². The van der Waals surface area contributed by atoms with E-state index in [4.69, 9.17) is 4.42 Å². The summed E-state index contributed by atoms with van der Waals surface area (Å²) < 4.78 is 5.40. The first-order chi connectivity index (χ1) is 13.7. The van der Waals surface area contributed by atoms with Gasteiger partial charge in [-0.2, -0.15) is 0 Å². The molecule has 0 saturated heterocycles. The summed E-state index contributed by atoms with van der Waals surface area (Å²) in [5.41, 5.74) is 3.90. The minimum absolute atomic E-state index is 0.0787. The Bertz CT molecular complexity index is 1200. The van der Waals surface area contributed by atoms with Gasteiger partial charge >= 0.3 is 5.63 Å². The second kappa shape index (κ2) is 5.78. The molecule has 138 valence electrons. The van der Waals surface area contributed by atoms with Gasteiger partial charge < -0.3 is 4.42 Å². The van der Waals surface area contributed by atoms with Crippen LogP contribution >= 0.6 is 0 Å². The fourth-order valence-electron chi connectivity index (χ4n) is 6.10. The maximum absolute atomic E-state index is 13.7. The molecular formula is C25H20O3. The number of ketones is 1. The molecular weight excluding hydrogens is 348 g/mol. The van der Waals surface area contributed by atoms with Crippen molar-refractivity contribution in [1.82, 2.24) is 0 Å². The first-order valence-corrected chi connectivity index (χ1v) is 10.1. The number of para-hydroxylation sites is 1. The Balaban J connectivity index is 1.69. The van der Waals surface area contributed by atoms with Crippen LogP contribution in [0, 0.1) is 23.7 Å². The predicted octanol–water partition coefficient (Wildman–Crippen LogP) is 4.95. The van der Waals surface area contributed by atoms with Crippen LogP contribution in [-0.2, 0) is 4.79 Å². The van der Waals surface area contributed by atoms with Crippen LogP contribution in [0.15, 0.2) is 69.9 Å². The summed E-state index contributed by atoms with van der Waals surface area (Å²) in [5.74, 6) is 1.67. The third kappa shape index (κ3) is 2.10. The van der Waals surface area contributed by atoms with Crippen LogP contribution in [0.2, 0.25) is 0 Å². The third-order valence-electron chi connectivity index (χ3n) is 7.07. The summed E-state index contributed by atoms with van der Waals surface area (Å²) in [6, 6.07) is 19.3. The summed E-state index contributed by atoms with van der Waals surface area (Å²) in [7, 11) is 0. The van der Waals surface area contributed by atoms with Crippen molar-refractivity contribution in [3.63, 3.8) is 0 Å². The summed E-state index contributed by atoms with van der Waals surface area (Å²) in [5, 5.41) is 0.839. The molecule has 6 rings (SSSR count). The average molecular weight is 368 g/mol. The van der Waals surface area contributed by atoms with Gasteiger partial charge in [-0.25, -0.2) is 4.79 Å². The maximum Gasteiger partial charge on any atom is 0.336 e. The number of hydrogen-bond donors (Lipinski definition) is 0. The molecule has 0 amide bonds. The van der Waals surface area contributed by atoms with Crippen molar-refractivity contribution < 1.29 is 9.21 Å². The lowest BCUT2D eigenvalue weighted by Gasteiger charge is -2.26. The standard InChI is InChI=1S/C25H20O3/c26-20-13-18(17-8-4-5-9-19(17)28-20)24-21(14-6-2-1-3-7-14)22-15-10-11-16(12-15)23(22)25(24)27/h1-9,13,15-16,22-23H,10-12H2/t15-,16+,22?,23?/m1/s1. The van der Waals surface area contributed by atoms with Crippen molar-refractivity contribution in [2.24, 2.45) is 23.7 Å². The molecule has 1 aromatic heterocycles. The van der Waals surface area contributed by atoms with Crippen LogP contribution in [0.3, 0.4) is 0 Å². The zero-order chi connectivity index (χ0) is 18.8. The lowest BCUT2D eigenvalue weighted by Crippen LogP contribution is -2.24. The van der Waals surface area contributed by atoms with Crippen molar-refractivity contribution in [1.29, 1.82) is 0 Å². The van der Waals surface area contributed by atoms with Gasteiger partial charge in [0.25, 0.3) is 0 Å². The highest BCUT2D eigenvalue weighted by atomic mass is 16.4. The molecule has 3 aliphatic carbocycles. The van der Waals surface area contributed by atoms with E-state index < -0.39 is 5.63 Å². The maximum atomic E-state index is 13.7. The van der Waals surface area contributed by atoms with E-state index in [2.05, 4.69) is 12.1 Å². The second-order valence-corrected chi connectivity index (χ2v) is 8.38. The monoisotopic (exact) mass is 368 g/mol. The van der Waals surface area contributed by atoms with Crippen LogP contribution in [0.4, 0.5) is 0 Å². The number of fused-ring (bicyclic) bond motifs is 6. The average Bonchev–Trinajstić information content (AvgIpc) is 3.40. The first kappa shape index (κ1) is 16.1. The summed E-state index contributed by atoms with van der Waals surface area (Å²) in [6.45, 7) is 0. The predicted molar refractivity (Wildman–Crippen MR) is 109 cm³/mol. The fourth-order valence-corrected chi connectivity index (χ4v) is 6.10. The Morgan fingerprint density at radius 2 is 1.54 bits per heavy atom. The van der Waals surface area contributed by atoms with Gasteiger partial charge in [0.15, 0.2) is 5.78 Å². The van der Waals surface area contributed by atoms with Crippen molar-refractivity contribution in [2.45, 2.75) is 19.3 Å². The SMILES string of the molecule is O=C1C(c2cc(=O)oc3ccccc23)=C(c2ccccc2)C2C1[C@H]1CC[C@@H]2C1. The molecule has 3 aliphatic rings. The lowest BCUT2D eigenvalue weighted by molar-refractivity contribution is -0.118. The van der Waals surface area contributed by atoms with Crippen LogP contribution in [0.5, 0.6) is 0 Å². The van der Waals surface area contributed by atoms with E-state index in [-0.39, 0.29) is 17.6 Å². The van der Waals surface area contributed by atoms with Gasteiger partial charge in [0.2, 0.25) is 0 Å². The Hall–Kier alpha value is -2.94. The van der Waals surface area contributed by atoms with Crippen molar-refractivity contribution >= 4 is 27.9 Å². The number of allylic oxidation sites excluding steroid dienone is 2. The minimum atomic E-state index is -0.401. The van der Waals surface area contributed by atoms with E-state index >= 15 is 0 Å². The highest BCUT2D eigenvalue weighted by Crippen LogP contribution is 2.62. The number of rotatable bonds is 2. The van der Waals surface area contributed by atoms with E-state index in [0.717, 1.165) is 34.1 Å². The summed E-state index contributed by atoms with van der Waals surface area (Å²) in [4.78, 5) is 26.0. The number of benzene rings is 2. The number of hydrogen-bond acceptors (Lipinski definition) is 3. The Morgan fingerprint density at radius 3 is 2.36 bits per heavy atom. The molecule has 0 radical (unpaired) electrons. The molecule has 2 aromatic carbocycles. The van der Waals surface area contributed by atoms with Crippen molar-refractivity contribution in [3.05, 3.63) is 82.2 Å². The van der Waals surface area contributed by atoms with Gasteiger partial charge in [-0.05, 0) is 54.2 Å². The number of carbonyl (C=O) groups excluding carboxylic acids is 1. The van der Waals surface area contributed by atoms with E-state index in [0.29, 0.717) is 17.4 Å².